The summed E-state index contributed by atoms with van der Waals surface area (Å²) < 4.78 is 5.79. The first kappa shape index (κ1) is 15.3. The van der Waals surface area contributed by atoms with Crippen molar-refractivity contribution < 1.29 is 4.74 Å². The Balaban J connectivity index is 1.40. The summed E-state index contributed by atoms with van der Waals surface area (Å²) in [7, 11) is 0. The largest absolute Gasteiger partial charge is 0.492 e. The van der Waals surface area contributed by atoms with Crippen molar-refractivity contribution in [2.75, 3.05) is 39.3 Å². The van der Waals surface area contributed by atoms with Crippen LogP contribution in [0.5, 0.6) is 5.75 Å². The molecule has 2 heterocycles. The molecule has 0 spiro atoms. The Morgan fingerprint density at radius 2 is 1.77 bits per heavy atom. The number of hydrogen-bond donors (Lipinski definition) is 0. The molecule has 22 heavy (non-hydrogen) atoms. The molecule has 0 saturated carbocycles. The molecule has 1 aromatic carbocycles. The zero-order valence-corrected chi connectivity index (χ0v) is 13.5. The minimum atomic E-state index is 0.675. The molecule has 0 aromatic heterocycles. The van der Waals surface area contributed by atoms with Gasteiger partial charge in [0.15, 0.2) is 0 Å². The summed E-state index contributed by atoms with van der Waals surface area (Å²) >= 11 is 0. The number of nitrogens with zero attached hydrogens (tertiary/aromatic N) is 3. The third-order valence-corrected chi connectivity index (χ3v) is 4.98. The maximum Gasteiger partial charge on any atom is 0.119 e. The van der Waals surface area contributed by atoms with Gasteiger partial charge in [0.05, 0.1) is 11.6 Å². The van der Waals surface area contributed by atoms with Crippen molar-refractivity contribution >= 4 is 0 Å². The SMILES string of the molecule is CC(C)N1CC2CN(CCOc3ccc(C#N)cc3)CC2C1. The maximum atomic E-state index is 8.78. The summed E-state index contributed by atoms with van der Waals surface area (Å²) in [5.41, 5.74) is 0.675. The Labute approximate surface area is 133 Å². The van der Waals surface area contributed by atoms with Gasteiger partial charge in [-0.05, 0) is 49.9 Å². The van der Waals surface area contributed by atoms with Crippen LogP contribution in [-0.4, -0.2) is 55.2 Å². The number of hydrogen-bond acceptors (Lipinski definition) is 4. The fourth-order valence-electron chi connectivity index (χ4n) is 3.65. The molecule has 2 aliphatic rings. The van der Waals surface area contributed by atoms with E-state index in [1.54, 1.807) is 12.1 Å². The van der Waals surface area contributed by atoms with Gasteiger partial charge in [0.25, 0.3) is 0 Å². The van der Waals surface area contributed by atoms with Crippen molar-refractivity contribution in [2.24, 2.45) is 11.8 Å². The van der Waals surface area contributed by atoms with Crippen LogP contribution in [0.3, 0.4) is 0 Å². The van der Waals surface area contributed by atoms with Crippen LogP contribution in [0.15, 0.2) is 24.3 Å². The highest BCUT2D eigenvalue weighted by Crippen LogP contribution is 2.31. The van der Waals surface area contributed by atoms with Crippen LogP contribution < -0.4 is 4.74 Å². The number of likely N-dealkylation sites (tertiary alicyclic amines) is 2. The number of benzene rings is 1. The lowest BCUT2D eigenvalue weighted by Gasteiger charge is -2.24. The molecule has 0 radical (unpaired) electrons. The minimum Gasteiger partial charge on any atom is -0.492 e. The van der Waals surface area contributed by atoms with Gasteiger partial charge in [-0.25, -0.2) is 0 Å². The van der Waals surface area contributed by atoms with Gasteiger partial charge in [-0.2, -0.15) is 5.26 Å². The van der Waals surface area contributed by atoms with E-state index in [-0.39, 0.29) is 0 Å². The van der Waals surface area contributed by atoms with Gasteiger partial charge in [0.2, 0.25) is 0 Å². The molecule has 2 saturated heterocycles. The summed E-state index contributed by atoms with van der Waals surface area (Å²) in [6.45, 7) is 11.3. The second-order valence-corrected chi connectivity index (χ2v) is 6.81. The van der Waals surface area contributed by atoms with E-state index >= 15 is 0 Å². The van der Waals surface area contributed by atoms with Crippen LogP contribution in [0.1, 0.15) is 19.4 Å². The number of rotatable bonds is 5. The molecule has 4 nitrogen and oxygen atoms in total. The summed E-state index contributed by atoms with van der Waals surface area (Å²) in [5, 5.41) is 8.78. The monoisotopic (exact) mass is 299 g/mol. The topological polar surface area (TPSA) is 39.5 Å². The van der Waals surface area contributed by atoms with Gasteiger partial charge in [0.1, 0.15) is 12.4 Å². The van der Waals surface area contributed by atoms with Crippen LogP contribution >= 0.6 is 0 Å². The first-order valence-corrected chi connectivity index (χ1v) is 8.25. The Morgan fingerprint density at radius 1 is 1.14 bits per heavy atom. The molecule has 1 aromatic rings. The van der Waals surface area contributed by atoms with Crippen molar-refractivity contribution in [3.63, 3.8) is 0 Å². The van der Waals surface area contributed by atoms with E-state index < -0.39 is 0 Å². The molecule has 118 valence electrons. The molecule has 2 aliphatic heterocycles. The predicted molar refractivity (Wildman–Crippen MR) is 86.8 cm³/mol. The normalized spacial score (nSPS) is 25.4. The van der Waals surface area contributed by atoms with E-state index in [1.807, 2.05) is 12.1 Å². The average molecular weight is 299 g/mol. The van der Waals surface area contributed by atoms with Crippen LogP contribution in [0.25, 0.3) is 0 Å². The number of nitriles is 1. The van der Waals surface area contributed by atoms with E-state index in [2.05, 4.69) is 29.7 Å². The predicted octanol–water partition coefficient (Wildman–Crippen LogP) is 2.21. The van der Waals surface area contributed by atoms with Crippen LogP contribution in [0.2, 0.25) is 0 Å². The van der Waals surface area contributed by atoms with Crippen molar-refractivity contribution in [1.82, 2.24) is 9.80 Å². The van der Waals surface area contributed by atoms with E-state index in [0.29, 0.717) is 11.6 Å². The van der Waals surface area contributed by atoms with Gasteiger partial charge in [-0.1, -0.05) is 0 Å². The molecule has 4 heteroatoms. The second-order valence-electron chi connectivity index (χ2n) is 6.81. The maximum absolute atomic E-state index is 8.78. The molecular formula is C18H25N3O. The van der Waals surface area contributed by atoms with Crippen LogP contribution in [0, 0.1) is 23.2 Å². The highest BCUT2D eigenvalue weighted by atomic mass is 16.5. The fourth-order valence-corrected chi connectivity index (χ4v) is 3.65. The lowest BCUT2D eigenvalue weighted by Crippen LogP contribution is -2.34. The third-order valence-electron chi connectivity index (χ3n) is 4.98. The van der Waals surface area contributed by atoms with E-state index in [1.165, 1.54) is 26.2 Å². The fraction of sp³-hybridized carbons (Fsp3) is 0.611. The summed E-state index contributed by atoms with van der Waals surface area (Å²) in [6, 6.07) is 10.1. The molecule has 0 aliphatic carbocycles. The molecule has 0 N–H and O–H groups in total. The molecule has 3 rings (SSSR count). The lowest BCUT2D eigenvalue weighted by molar-refractivity contribution is 0.198. The highest BCUT2D eigenvalue weighted by molar-refractivity contribution is 5.34. The van der Waals surface area contributed by atoms with E-state index in [4.69, 9.17) is 10.00 Å². The van der Waals surface area contributed by atoms with Gasteiger partial charge in [-0.15, -0.1) is 0 Å². The Bertz CT molecular complexity index is 520. The first-order chi connectivity index (χ1) is 10.7. The van der Waals surface area contributed by atoms with Crippen molar-refractivity contribution in [3.8, 4) is 11.8 Å². The van der Waals surface area contributed by atoms with Gasteiger partial charge in [0, 0.05) is 38.8 Å². The molecule has 2 fully saturated rings. The van der Waals surface area contributed by atoms with Crippen molar-refractivity contribution in [1.29, 1.82) is 5.26 Å². The van der Waals surface area contributed by atoms with Crippen molar-refractivity contribution in [3.05, 3.63) is 29.8 Å². The third kappa shape index (κ3) is 3.43. The quantitative estimate of drug-likeness (QED) is 0.836. The van der Waals surface area contributed by atoms with Crippen LogP contribution in [-0.2, 0) is 0 Å². The van der Waals surface area contributed by atoms with Crippen LogP contribution in [0.4, 0.5) is 0 Å². The smallest absolute Gasteiger partial charge is 0.119 e. The molecule has 2 unspecified atom stereocenters. The molecule has 2 atom stereocenters. The van der Waals surface area contributed by atoms with Gasteiger partial charge in [-0.3, -0.25) is 4.90 Å². The Morgan fingerprint density at radius 3 is 2.32 bits per heavy atom. The molecular weight excluding hydrogens is 274 g/mol. The second kappa shape index (κ2) is 6.68. The Hall–Kier alpha value is -1.57. The molecule has 0 bridgehead atoms. The molecule has 0 amide bonds. The van der Waals surface area contributed by atoms with E-state index in [9.17, 15) is 0 Å². The highest BCUT2D eigenvalue weighted by Gasteiger charge is 2.40. The zero-order chi connectivity index (χ0) is 15.5. The minimum absolute atomic E-state index is 0.675. The van der Waals surface area contributed by atoms with E-state index in [0.717, 1.165) is 30.7 Å². The van der Waals surface area contributed by atoms with Gasteiger partial charge >= 0.3 is 0 Å². The first-order valence-electron chi connectivity index (χ1n) is 8.25. The summed E-state index contributed by atoms with van der Waals surface area (Å²) in [5.74, 6) is 2.54. The standard InChI is InChI=1S/C18H25N3O/c1-14(2)21-12-16-10-20(11-17(16)13-21)7-8-22-18-5-3-15(9-19)4-6-18/h3-6,14,16-17H,7-8,10-13H2,1-2H3. The Kier molecular flexibility index (Phi) is 4.66. The van der Waals surface area contributed by atoms with Gasteiger partial charge < -0.3 is 9.64 Å². The number of fused-ring (bicyclic) bond motifs is 1. The lowest BCUT2D eigenvalue weighted by atomic mass is 10.0. The number of ether oxygens (including phenoxy) is 1. The zero-order valence-electron chi connectivity index (χ0n) is 13.5. The summed E-state index contributed by atoms with van der Waals surface area (Å²) in [4.78, 5) is 5.15. The summed E-state index contributed by atoms with van der Waals surface area (Å²) in [6.07, 6.45) is 0. The van der Waals surface area contributed by atoms with Crippen molar-refractivity contribution in [2.45, 2.75) is 19.9 Å². The average Bonchev–Trinajstić information content (AvgIpc) is 3.06.